The minimum absolute atomic E-state index is 0.251. The number of unbranched alkanes of at least 4 members (excludes halogenated alkanes) is 18. The second-order valence-corrected chi connectivity index (χ2v) is 14.6. The van der Waals surface area contributed by atoms with Gasteiger partial charge in [0.1, 0.15) is 30.5 Å². The van der Waals surface area contributed by atoms with Crippen molar-refractivity contribution in [3.8, 4) is 0 Å². The van der Waals surface area contributed by atoms with Crippen molar-refractivity contribution in [2.24, 2.45) is 0 Å². The molecule has 0 saturated carbocycles. The summed E-state index contributed by atoms with van der Waals surface area (Å²) < 4.78 is 11.1. The number of aliphatic hydroxyl groups excluding tert-OH is 6. The molecule has 0 aromatic carbocycles. The average molecular weight is 740 g/mol. The first-order valence-electron chi connectivity index (χ1n) is 20.8. The molecule has 1 fully saturated rings. The average Bonchev–Trinajstić information content (AvgIpc) is 3.14. The summed E-state index contributed by atoms with van der Waals surface area (Å²) in [4.78, 5) is 12.9. The van der Waals surface area contributed by atoms with Gasteiger partial charge >= 0.3 is 0 Å². The number of nitrogens with one attached hydrogen (secondary N) is 1. The van der Waals surface area contributed by atoms with Gasteiger partial charge in [0, 0.05) is 6.42 Å². The largest absolute Gasteiger partial charge is 0.394 e. The standard InChI is InChI=1S/C42H77NO9/c1-3-5-7-9-11-13-15-17-18-19-21-23-25-27-29-31-37(46)43-34(33-51-42-41(50)40(49)39(48)36(32-44)52-42)38(47)35(45)30-28-26-24-22-20-16-14-12-10-8-6-4-2/h11,13,15,17-19,34-36,38-42,44-45,47-50H,3-10,12,14,16,20-33H2,1-2H3,(H,43,46)/t34-,35+,36?,38-,39?,40?,41?,42?/m0/s1. The number of hydrogen-bond donors (Lipinski definition) is 7. The molecule has 52 heavy (non-hydrogen) atoms. The zero-order valence-electron chi connectivity index (χ0n) is 32.7. The van der Waals surface area contributed by atoms with Crippen molar-refractivity contribution in [2.45, 2.75) is 210 Å². The molecule has 1 amide bonds. The van der Waals surface area contributed by atoms with Gasteiger partial charge in [-0.3, -0.25) is 4.79 Å². The third kappa shape index (κ3) is 23.2. The Hall–Kier alpha value is -1.63. The lowest BCUT2D eigenvalue weighted by Gasteiger charge is -2.40. The lowest BCUT2D eigenvalue weighted by Crippen LogP contribution is -2.60. The van der Waals surface area contributed by atoms with Gasteiger partial charge in [0.15, 0.2) is 6.29 Å². The summed E-state index contributed by atoms with van der Waals surface area (Å²) in [5.74, 6) is -0.285. The van der Waals surface area contributed by atoms with Gasteiger partial charge in [-0.2, -0.15) is 0 Å². The van der Waals surface area contributed by atoms with Crippen LogP contribution in [0.3, 0.4) is 0 Å². The number of hydrogen-bond acceptors (Lipinski definition) is 9. The Bertz CT molecular complexity index is 927. The molecule has 0 bridgehead atoms. The quantitative estimate of drug-likeness (QED) is 0.0287. The number of carbonyl (C=O) groups is 1. The first-order chi connectivity index (χ1) is 25.3. The highest BCUT2D eigenvalue weighted by molar-refractivity contribution is 5.76. The molecular weight excluding hydrogens is 662 g/mol. The smallest absolute Gasteiger partial charge is 0.220 e. The van der Waals surface area contributed by atoms with E-state index >= 15 is 0 Å². The van der Waals surface area contributed by atoms with Crippen LogP contribution in [0.25, 0.3) is 0 Å². The molecule has 1 rings (SSSR count). The maximum Gasteiger partial charge on any atom is 0.220 e. The molecule has 5 unspecified atom stereocenters. The molecule has 0 aromatic rings. The van der Waals surface area contributed by atoms with Crippen molar-refractivity contribution in [3.05, 3.63) is 36.5 Å². The summed E-state index contributed by atoms with van der Waals surface area (Å²) in [5.41, 5.74) is 0. The summed E-state index contributed by atoms with van der Waals surface area (Å²) in [6.45, 7) is 3.52. The van der Waals surface area contributed by atoms with Crippen LogP contribution < -0.4 is 5.32 Å². The molecule has 10 nitrogen and oxygen atoms in total. The fourth-order valence-electron chi connectivity index (χ4n) is 6.43. The van der Waals surface area contributed by atoms with E-state index in [9.17, 15) is 35.4 Å². The number of aliphatic hydroxyl groups is 6. The van der Waals surface area contributed by atoms with Crippen LogP contribution >= 0.6 is 0 Å². The van der Waals surface area contributed by atoms with E-state index in [0.29, 0.717) is 12.8 Å². The summed E-state index contributed by atoms with van der Waals surface area (Å²) in [5, 5.41) is 64.9. The first-order valence-corrected chi connectivity index (χ1v) is 20.8. The second kappa shape index (κ2) is 32.8. The number of allylic oxidation sites excluding steroid dienone is 6. The highest BCUT2D eigenvalue weighted by Crippen LogP contribution is 2.23. The molecule has 7 N–H and O–H groups in total. The molecular formula is C42H77NO9. The van der Waals surface area contributed by atoms with Crippen LogP contribution in [0, 0.1) is 0 Å². The van der Waals surface area contributed by atoms with E-state index in [4.69, 9.17) is 9.47 Å². The van der Waals surface area contributed by atoms with Gasteiger partial charge in [-0.05, 0) is 38.5 Å². The van der Waals surface area contributed by atoms with Crippen LogP contribution in [0.1, 0.15) is 162 Å². The number of carbonyl (C=O) groups excluding carboxylic acids is 1. The fraction of sp³-hybridized carbons (Fsp3) is 0.833. The van der Waals surface area contributed by atoms with Crippen molar-refractivity contribution in [1.29, 1.82) is 0 Å². The fourth-order valence-corrected chi connectivity index (χ4v) is 6.43. The molecule has 0 aromatic heterocycles. The molecule has 1 aliphatic heterocycles. The predicted molar refractivity (Wildman–Crippen MR) is 209 cm³/mol. The summed E-state index contributed by atoms with van der Waals surface area (Å²) in [7, 11) is 0. The van der Waals surface area contributed by atoms with E-state index < -0.39 is 55.6 Å². The van der Waals surface area contributed by atoms with E-state index in [1.807, 2.05) is 6.08 Å². The lowest BCUT2D eigenvalue weighted by atomic mass is 9.98. The zero-order chi connectivity index (χ0) is 38.2. The monoisotopic (exact) mass is 740 g/mol. The molecule has 1 saturated heterocycles. The third-order valence-electron chi connectivity index (χ3n) is 9.90. The Morgan fingerprint density at radius 3 is 1.75 bits per heavy atom. The Balaban J connectivity index is 2.49. The van der Waals surface area contributed by atoms with Crippen molar-refractivity contribution in [2.75, 3.05) is 13.2 Å². The topological polar surface area (TPSA) is 169 Å². The van der Waals surface area contributed by atoms with Crippen molar-refractivity contribution < 1.29 is 44.9 Å². The minimum atomic E-state index is -1.61. The number of amides is 1. The van der Waals surface area contributed by atoms with E-state index in [-0.39, 0.29) is 18.9 Å². The van der Waals surface area contributed by atoms with Crippen LogP contribution in [0.5, 0.6) is 0 Å². The van der Waals surface area contributed by atoms with Gasteiger partial charge in [-0.1, -0.05) is 153 Å². The van der Waals surface area contributed by atoms with Crippen LogP contribution in [0.15, 0.2) is 36.5 Å². The minimum Gasteiger partial charge on any atom is -0.394 e. The van der Waals surface area contributed by atoms with Gasteiger partial charge in [0.05, 0.1) is 25.4 Å². The van der Waals surface area contributed by atoms with Gasteiger partial charge in [-0.15, -0.1) is 0 Å². The van der Waals surface area contributed by atoms with E-state index in [1.165, 1.54) is 70.6 Å². The van der Waals surface area contributed by atoms with Crippen LogP contribution in [0.2, 0.25) is 0 Å². The van der Waals surface area contributed by atoms with Crippen LogP contribution in [-0.2, 0) is 14.3 Å². The van der Waals surface area contributed by atoms with E-state index in [0.717, 1.165) is 57.8 Å². The van der Waals surface area contributed by atoms with E-state index in [2.05, 4.69) is 49.5 Å². The summed E-state index contributed by atoms with van der Waals surface area (Å²) in [6, 6.07) is -1.00. The van der Waals surface area contributed by atoms with Crippen molar-refractivity contribution >= 4 is 5.91 Å². The molecule has 304 valence electrons. The molecule has 10 heteroatoms. The normalized spacial score (nSPS) is 22.8. The van der Waals surface area contributed by atoms with Gasteiger partial charge in [-0.25, -0.2) is 0 Å². The van der Waals surface area contributed by atoms with Crippen LogP contribution in [-0.4, -0.2) is 98.7 Å². The Morgan fingerprint density at radius 2 is 1.17 bits per heavy atom. The maximum atomic E-state index is 12.9. The summed E-state index contributed by atoms with van der Waals surface area (Å²) in [6.07, 6.45) is 27.2. The third-order valence-corrected chi connectivity index (χ3v) is 9.90. The molecule has 8 atom stereocenters. The Kier molecular flexibility index (Phi) is 30.5. The second-order valence-electron chi connectivity index (χ2n) is 14.6. The molecule has 0 aliphatic carbocycles. The Morgan fingerprint density at radius 1 is 0.673 bits per heavy atom. The number of ether oxygens (including phenoxy) is 2. The predicted octanol–water partition coefficient (Wildman–Crippen LogP) is 6.69. The lowest BCUT2D eigenvalue weighted by molar-refractivity contribution is -0.303. The van der Waals surface area contributed by atoms with Crippen molar-refractivity contribution in [3.63, 3.8) is 0 Å². The first kappa shape index (κ1) is 48.4. The van der Waals surface area contributed by atoms with Gasteiger partial charge in [0.25, 0.3) is 0 Å². The molecule has 0 radical (unpaired) electrons. The van der Waals surface area contributed by atoms with Crippen molar-refractivity contribution in [1.82, 2.24) is 5.32 Å². The molecule has 0 spiro atoms. The highest BCUT2D eigenvalue weighted by Gasteiger charge is 2.44. The van der Waals surface area contributed by atoms with Gasteiger partial charge in [0.2, 0.25) is 5.91 Å². The summed E-state index contributed by atoms with van der Waals surface area (Å²) >= 11 is 0. The molecule has 1 heterocycles. The van der Waals surface area contributed by atoms with E-state index in [1.54, 1.807) is 0 Å². The highest BCUT2D eigenvalue weighted by atomic mass is 16.7. The Labute approximate surface area is 315 Å². The van der Waals surface area contributed by atoms with Crippen LogP contribution in [0.4, 0.5) is 0 Å². The van der Waals surface area contributed by atoms with Gasteiger partial charge < -0.3 is 45.4 Å². The number of rotatable bonds is 33. The SMILES string of the molecule is CCCCCC=CC=CC=CCCCCCCC(=O)N[C@@H](COC1OC(CO)C(O)C(O)C1O)[C@H](O)[C@H](O)CCCCCCCCCCCCCC. The maximum absolute atomic E-state index is 12.9. The zero-order valence-corrected chi connectivity index (χ0v) is 32.7. The molecule has 1 aliphatic rings.